The maximum Gasteiger partial charge on any atom is 0.290 e. The molecule has 0 aromatic carbocycles. The highest BCUT2D eigenvalue weighted by Crippen LogP contribution is 1.92. The number of amides is 1. The molecule has 1 aromatic rings. The Bertz CT molecular complexity index is 416. The number of hydrogen-bond acceptors (Lipinski definition) is 4. The number of carbonyl (C=O) groups is 1. The predicted octanol–water partition coefficient (Wildman–Crippen LogP) is 0.487. The lowest BCUT2D eigenvalue weighted by Gasteiger charge is -2.11. The molecule has 1 heterocycles. The summed E-state index contributed by atoms with van der Waals surface area (Å²) in [5.41, 5.74) is -0.283. The molecule has 0 bridgehead atoms. The third-order valence-corrected chi connectivity index (χ3v) is 2.37. The number of aromatic amines is 1. The highest BCUT2D eigenvalue weighted by atomic mass is 16.1. The minimum absolute atomic E-state index is 0.0285. The van der Waals surface area contributed by atoms with Crippen molar-refractivity contribution in [1.29, 1.82) is 0 Å². The SMILES string of the molecule is CCC(C)NC(=O)CCNc1ncc[nH]c1=O. The van der Waals surface area contributed by atoms with Crippen molar-refractivity contribution >= 4 is 11.7 Å². The number of rotatable bonds is 6. The Hall–Kier alpha value is -1.85. The van der Waals surface area contributed by atoms with E-state index in [0.29, 0.717) is 13.0 Å². The summed E-state index contributed by atoms with van der Waals surface area (Å²) in [6.07, 6.45) is 4.17. The Morgan fingerprint density at radius 3 is 3.00 bits per heavy atom. The second-order valence-corrected chi connectivity index (χ2v) is 3.82. The number of hydrogen-bond donors (Lipinski definition) is 3. The van der Waals surface area contributed by atoms with Crippen molar-refractivity contribution in [3.8, 4) is 0 Å². The molecule has 3 N–H and O–H groups in total. The molecule has 1 atom stereocenters. The van der Waals surface area contributed by atoms with Crippen LogP contribution in [0.25, 0.3) is 0 Å². The van der Waals surface area contributed by atoms with Crippen molar-refractivity contribution in [3.63, 3.8) is 0 Å². The van der Waals surface area contributed by atoms with E-state index in [1.54, 1.807) is 0 Å². The Labute approximate surface area is 99.8 Å². The molecule has 0 aliphatic carbocycles. The third-order valence-electron chi connectivity index (χ3n) is 2.37. The molecule has 0 radical (unpaired) electrons. The lowest BCUT2D eigenvalue weighted by atomic mass is 10.2. The van der Waals surface area contributed by atoms with Crippen LogP contribution in [0.4, 0.5) is 5.82 Å². The monoisotopic (exact) mass is 238 g/mol. The summed E-state index contributed by atoms with van der Waals surface area (Å²) in [7, 11) is 0. The van der Waals surface area contributed by atoms with Gasteiger partial charge in [0.05, 0.1) is 0 Å². The van der Waals surface area contributed by atoms with E-state index in [1.165, 1.54) is 12.4 Å². The van der Waals surface area contributed by atoms with Crippen molar-refractivity contribution < 1.29 is 4.79 Å². The molecule has 0 saturated heterocycles. The molecule has 6 heteroatoms. The van der Waals surface area contributed by atoms with Crippen LogP contribution in [-0.2, 0) is 4.79 Å². The van der Waals surface area contributed by atoms with Gasteiger partial charge in [-0.05, 0) is 13.3 Å². The van der Waals surface area contributed by atoms with Gasteiger partial charge in [0.1, 0.15) is 0 Å². The van der Waals surface area contributed by atoms with E-state index in [4.69, 9.17) is 0 Å². The normalized spacial score (nSPS) is 11.9. The first-order valence-corrected chi connectivity index (χ1v) is 5.70. The lowest BCUT2D eigenvalue weighted by Crippen LogP contribution is -2.33. The molecular formula is C11H18N4O2. The Kier molecular flexibility index (Phi) is 5.19. The molecule has 17 heavy (non-hydrogen) atoms. The molecule has 0 aliphatic rings. The van der Waals surface area contributed by atoms with Crippen LogP contribution in [-0.4, -0.2) is 28.5 Å². The first kappa shape index (κ1) is 13.2. The maximum absolute atomic E-state index is 11.4. The molecule has 0 fully saturated rings. The van der Waals surface area contributed by atoms with E-state index < -0.39 is 0 Å². The van der Waals surface area contributed by atoms with Crippen molar-refractivity contribution in [2.75, 3.05) is 11.9 Å². The van der Waals surface area contributed by atoms with Crippen molar-refractivity contribution in [2.45, 2.75) is 32.7 Å². The van der Waals surface area contributed by atoms with E-state index in [9.17, 15) is 9.59 Å². The number of nitrogens with one attached hydrogen (secondary N) is 3. The zero-order valence-corrected chi connectivity index (χ0v) is 10.1. The summed E-state index contributed by atoms with van der Waals surface area (Å²) in [5.74, 6) is 0.211. The Morgan fingerprint density at radius 2 is 2.35 bits per heavy atom. The molecule has 1 amide bonds. The average Bonchev–Trinajstić information content (AvgIpc) is 2.31. The van der Waals surface area contributed by atoms with Crippen LogP contribution in [0.5, 0.6) is 0 Å². The average molecular weight is 238 g/mol. The van der Waals surface area contributed by atoms with Crippen LogP contribution in [0.2, 0.25) is 0 Å². The van der Waals surface area contributed by atoms with E-state index in [0.717, 1.165) is 6.42 Å². The highest BCUT2D eigenvalue weighted by Gasteiger charge is 2.05. The van der Waals surface area contributed by atoms with Gasteiger partial charge >= 0.3 is 0 Å². The smallest absolute Gasteiger partial charge is 0.290 e. The third kappa shape index (κ3) is 4.67. The summed E-state index contributed by atoms with van der Waals surface area (Å²) in [6.45, 7) is 4.35. The zero-order valence-electron chi connectivity index (χ0n) is 10.1. The largest absolute Gasteiger partial charge is 0.365 e. The molecule has 1 aromatic heterocycles. The predicted molar refractivity (Wildman–Crippen MR) is 65.9 cm³/mol. The number of anilines is 1. The van der Waals surface area contributed by atoms with Gasteiger partial charge < -0.3 is 15.6 Å². The molecule has 6 nitrogen and oxygen atoms in total. The summed E-state index contributed by atoms with van der Waals surface area (Å²) in [4.78, 5) is 29.0. The van der Waals surface area contributed by atoms with E-state index >= 15 is 0 Å². The van der Waals surface area contributed by atoms with Gasteiger partial charge in [-0.1, -0.05) is 6.92 Å². The summed E-state index contributed by atoms with van der Waals surface area (Å²) >= 11 is 0. The molecule has 0 aliphatic heterocycles. The highest BCUT2D eigenvalue weighted by molar-refractivity contribution is 5.76. The zero-order chi connectivity index (χ0) is 12.7. The van der Waals surface area contributed by atoms with Crippen LogP contribution < -0.4 is 16.2 Å². The van der Waals surface area contributed by atoms with E-state index in [1.807, 2.05) is 13.8 Å². The van der Waals surface area contributed by atoms with Gasteiger partial charge in [-0.2, -0.15) is 0 Å². The Morgan fingerprint density at radius 1 is 1.59 bits per heavy atom. The minimum Gasteiger partial charge on any atom is -0.365 e. The fraction of sp³-hybridized carbons (Fsp3) is 0.545. The number of carbonyl (C=O) groups excluding carboxylic acids is 1. The second-order valence-electron chi connectivity index (χ2n) is 3.82. The molecule has 1 rings (SSSR count). The van der Waals surface area contributed by atoms with Crippen molar-refractivity contribution in [2.24, 2.45) is 0 Å². The second kappa shape index (κ2) is 6.67. The number of H-pyrrole nitrogens is 1. The molecule has 0 spiro atoms. The lowest BCUT2D eigenvalue weighted by molar-refractivity contribution is -0.121. The van der Waals surface area contributed by atoms with Crippen LogP contribution >= 0.6 is 0 Å². The van der Waals surface area contributed by atoms with Gasteiger partial charge in [-0.3, -0.25) is 9.59 Å². The topological polar surface area (TPSA) is 86.9 Å². The molecule has 0 saturated carbocycles. The molecular weight excluding hydrogens is 220 g/mol. The van der Waals surface area contributed by atoms with Crippen LogP contribution in [0.1, 0.15) is 26.7 Å². The van der Waals surface area contributed by atoms with Gasteiger partial charge in [0, 0.05) is 31.4 Å². The summed E-state index contributed by atoms with van der Waals surface area (Å²) < 4.78 is 0. The quantitative estimate of drug-likeness (QED) is 0.673. The number of aromatic nitrogens is 2. The standard InChI is InChI=1S/C11H18N4O2/c1-3-8(2)15-9(16)4-5-12-10-11(17)14-7-6-13-10/h6-8H,3-5H2,1-2H3,(H,12,13)(H,14,17)(H,15,16). The molecule has 1 unspecified atom stereocenters. The fourth-order valence-corrected chi connectivity index (χ4v) is 1.22. The minimum atomic E-state index is -0.283. The van der Waals surface area contributed by atoms with Crippen LogP contribution in [0.15, 0.2) is 17.2 Å². The summed E-state index contributed by atoms with van der Waals surface area (Å²) in [6, 6.07) is 0.181. The van der Waals surface area contributed by atoms with Gasteiger partial charge in [0.2, 0.25) is 5.91 Å². The van der Waals surface area contributed by atoms with Crippen LogP contribution in [0, 0.1) is 0 Å². The molecule has 94 valence electrons. The van der Waals surface area contributed by atoms with Crippen molar-refractivity contribution in [1.82, 2.24) is 15.3 Å². The van der Waals surface area contributed by atoms with Gasteiger partial charge in [0.25, 0.3) is 5.56 Å². The van der Waals surface area contributed by atoms with Crippen molar-refractivity contribution in [3.05, 3.63) is 22.7 Å². The van der Waals surface area contributed by atoms with Gasteiger partial charge in [0.15, 0.2) is 5.82 Å². The van der Waals surface area contributed by atoms with Gasteiger partial charge in [-0.15, -0.1) is 0 Å². The summed E-state index contributed by atoms with van der Waals surface area (Å²) in [5, 5.41) is 5.66. The first-order valence-electron chi connectivity index (χ1n) is 5.70. The fourth-order valence-electron chi connectivity index (χ4n) is 1.22. The van der Waals surface area contributed by atoms with E-state index in [2.05, 4.69) is 20.6 Å². The first-order chi connectivity index (χ1) is 8.13. The maximum atomic E-state index is 11.4. The number of nitrogens with zero attached hydrogens (tertiary/aromatic N) is 1. The van der Waals surface area contributed by atoms with E-state index in [-0.39, 0.29) is 23.3 Å². The van der Waals surface area contributed by atoms with Crippen LogP contribution in [0.3, 0.4) is 0 Å². The Balaban J connectivity index is 2.31. The van der Waals surface area contributed by atoms with Gasteiger partial charge in [-0.25, -0.2) is 4.98 Å².